The third-order valence-corrected chi connectivity index (χ3v) is 16.3. The van der Waals surface area contributed by atoms with Gasteiger partial charge in [-0.05, 0) is 76.8 Å². The van der Waals surface area contributed by atoms with Crippen LogP contribution in [0.15, 0.2) is 30.3 Å². The Morgan fingerprint density at radius 1 is 0.833 bits per heavy atom. The topological polar surface area (TPSA) is 27.7 Å². The van der Waals surface area contributed by atoms with Crippen molar-refractivity contribution >= 4 is 34.5 Å². The van der Waals surface area contributed by atoms with Crippen LogP contribution in [0.2, 0.25) is 58.4 Å². The third kappa shape index (κ3) is 10.1. The molecule has 0 aliphatic rings. The molecular weight excluding hydrogens is 365 g/mol. The number of rotatable bonds is 10. The van der Waals surface area contributed by atoms with Crippen LogP contribution in [-0.2, 0) is 18.8 Å². The molecule has 0 amide bonds. The Labute approximate surface area is 154 Å². The molecule has 2 atom stereocenters. The van der Waals surface area contributed by atoms with Crippen molar-refractivity contribution in [2.45, 2.75) is 71.3 Å². The fourth-order valence-corrected chi connectivity index (χ4v) is 17.8. The minimum atomic E-state index is -2.18. The minimum Gasteiger partial charge on any atom is -0.439 e. The lowest BCUT2D eigenvalue weighted by molar-refractivity contribution is 0.342. The van der Waals surface area contributed by atoms with Crippen molar-refractivity contribution in [1.29, 1.82) is 0 Å². The van der Waals surface area contributed by atoms with Crippen molar-refractivity contribution in [3.05, 3.63) is 35.9 Å². The maximum atomic E-state index is 6.57. The highest BCUT2D eigenvalue weighted by atomic mass is 28.5. The van der Waals surface area contributed by atoms with Gasteiger partial charge >= 0.3 is 8.56 Å². The lowest BCUT2D eigenvalue weighted by Crippen LogP contribution is -2.51. The first-order valence-electron chi connectivity index (χ1n) is 8.98. The molecule has 0 aliphatic carbocycles. The van der Waals surface area contributed by atoms with Gasteiger partial charge in [0.1, 0.15) is 0 Å². The molecule has 0 bridgehead atoms. The molecule has 1 aromatic rings. The summed E-state index contributed by atoms with van der Waals surface area (Å²) in [5, 5.41) is 0. The summed E-state index contributed by atoms with van der Waals surface area (Å²) in [6, 6.07) is 11.7. The van der Waals surface area contributed by atoms with Crippen molar-refractivity contribution < 1.29 is 12.3 Å². The Kier molecular flexibility index (Phi) is 8.31. The standard InChI is InChI=1S/C17H36O3Si4/c1-21(18-22(2,3)4)19-24(8,20-23(5,6)7)16-12-15-17-13-10-9-11-14-17/h9-11,13-14,21H,12,15-16H2,1-8H3. The molecule has 1 rings (SSSR count). The molecule has 7 heteroatoms. The molecule has 138 valence electrons. The summed E-state index contributed by atoms with van der Waals surface area (Å²) in [6.07, 6.45) is 2.21. The van der Waals surface area contributed by atoms with Crippen LogP contribution in [0.3, 0.4) is 0 Å². The molecule has 0 saturated heterocycles. The van der Waals surface area contributed by atoms with Crippen molar-refractivity contribution in [3.63, 3.8) is 0 Å². The van der Waals surface area contributed by atoms with E-state index in [1.807, 2.05) is 0 Å². The average molecular weight is 401 g/mol. The number of aryl methyl sites for hydroxylation is 1. The zero-order valence-corrected chi connectivity index (χ0v) is 21.0. The van der Waals surface area contributed by atoms with Gasteiger partial charge in [-0.15, -0.1) is 0 Å². The van der Waals surface area contributed by atoms with Gasteiger partial charge in [-0.1, -0.05) is 30.3 Å². The summed E-state index contributed by atoms with van der Waals surface area (Å²) in [5.74, 6) is 0. The van der Waals surface area contributed by atoms with E-state index in [4.69, 9.17) is 12.3 Å². The highest BCUT2D eigenvalue weighted by Crippen LogP contribution is 2.24. The van der Waals surface area contributed by atoms with Gasteiger partial charge in [0.2, 0.25) is 0 Å². The van der Waals surface area contributed by atoms with Crippen molar-refractivity contribution in [2.24, 2.45) is 0 Å². The first kappa shape index (κ1) is 22.0. The molecule has 0 radical (unpaired) electrons. The Morgan fingerprint density at radius 3 is 1.92 bits per heavy atom. The normalized spacial score (nSPS) is 16.7. The van der Waals surface area contributed by atoms with E-state index in [2.05, 4.69) is 82.7 Å². The van der Waals surface area contributed by atoms with Crippen LogP contribution >= 0.6 is 0 Å². The van der Waals surface area contributed by atoms with E-state index in [0.29, 0.717) is 0 Å². The number of hydrogen-bond acceptors (Lipinski definition) is 3. The Bertz CT molecular complexity index is 485. The molecule has 0 heterocycles. The van der Waals surface area contributed by atoms with E-state index >= 15 is 0 Å². The number of benzene rings is 1. The Hall–Kier alpha value is -0.0325. The van der Waals surface area contributed by atoms with Gasteiger partial charge in [0, 0.05) is 0 Å². The molecule has 3 nitrogen and oxygen atoms in total. The van der Waals surface area contributed by atoms with Crippen LogP contribution in [0.5, 0.6) is 0 Å². The van der Waals surface area contributed by atoms with Crippen molar-refractivity contribution in [2.75, 3.05) is 0 Å². The van der Waals surface area contributed by atoms with Crippen LogP contribution in [0.25, 0.3) is 0 Å². The number of hydrogen-bond donors (Lipinski definition) is 0. The molecule has 0 aromatic heterocycles. The highest BCUT2D eigenvalue weighted by molar-refractivity contribution is 6.85. The zero-order valence-electron chi connectivity index (χ0n) is 16.8. The van der Waals surface area contributed by atoms with Crippen LogP contribution in [-0.4, -0.2) is 34.5 Å². The summed E-state index contributed by atoms with van der Waals surface area (Å²) < 4.78 is 19.3. The predicted octanol–water partition coefficient (Wildman–Crippen LogP) is 5.26. The lowest BCUT2D eigenvalue weighted by Gasteiger charge is -2.37. The van der Waals surface area contributed by atoms with Gasteiger partial charge in [-0.2, -0.15) is 0 Å². The molecule has 2 unspecified atom stereocenters. The van der Waals surface area contributed by atoms with Crippen LogP contribution < -0.4 is 0 Å². The summed E-state index contributed by atoms with van der Waals surface area (Å²) in [6.45, 7) is 17.9. The van der Waals surface area contributed by atoms with E-state index < -0.39 is 34.5 Å². The molecular formula is C17H36O3Si4. The van der Waals surface area contributed by atoms with Crippen molar-refractivity contribution in [1.82, 2.24) is 0 Å². The lowest BCUT2D eigenvalue weighted by atomic mass is 10.1. The maximum absolute atomic E-state index is 6.57. The first-order valence-corrected chi connectivity index (χ1v) is 20.4. The second-order valence-corrected chi connectivity index (χ2v) is 23.7. The summed E-state index contributed by atoms with van der Waals surface area (Å²) in [7, 11) is -7.00. The molecule has 0 saturated carbocycles. The minimum absolute atomic E-state index is 1.04. The second kappa shape index (κ2) is 9.06. The fraction of sp³-hybridized carbons (Fsp3) is 0.647. The fourth-order valence-electron chi connectivity index (χ4n) is 2.91. The van der Waals surface area contributed by atoms with Crippen LogP contribution in [0.1, 0.15) is 12.0 Å². The molecule has 0 aliphatic heterocycles. The van der Waals surface area contributed by atoms with Crippen LogP contribution in [0.4, 0.5) is 0 Å². The van der Waals surface area contributed by atoms with Gasteiger partial charge in [0.05, 0.1) is 0 Å². The van der Waals surface area contributed by atoms with Gasteiger partial charge in [0.15, 0.2) is 16.6 Å². The molecule has 0 N–H and O–H groups in total. The van der Waals surface area contributed by atoms with Crippen molar-refractivity contribution in [3.8, 4) is 0 Å². The van der Waals surface area contributed by atoms with Gasteiger partial charge in [0.25, 0.3) is 9.28 Å². The van der Waals surface area contributed by atoms with Gasteiger partial charge < -0.3 is 12.3 Å². The Morgan fingerprint density at radius 2 is 1.42 bits per heavy atom. The largest absolute Gasteiger partial charge is 0.439 e. The van der Waals surface area contributed by atoms with Gasteiger partial charge in [-0.25, -0.2) is 0 Å². The first-order chi connectivity index (χ1) is 10.9. The quantitative estimate of drug-likeness (QED) is 0.501. The molecule has 1 aromatic carbocycles. The summed E-state index contributed by atoms with van der Waals surface area (Å²) in [4.78, 5) is 0. The maximum Gasteiger partial charge on any atom is 0.315 e. The smallest absolute Gasteiger partial charge is 0.315 e. The third-order valence-electron chi connectivity index (χ3n) is 3.40. The highest BCUT2D eigenvalue weighted by Gasteiger charge is 2.38. The summed E-state index contributed by atoms with van der Waals surface area (Å²) >= 11 is 0. The van der Waals surface area contributed by atoms with E-state index in [0.717, 1.165) is 18.9 Å². The molecule has 0 fully saturated rings. The van der Waals surface area contributed by atoms with E-state index in [1.54, 1.807) is 0 Å². The predicted molar refractivity (Wildman–Crippen MR) is 114 cm³/mol. The monoisotopic (exact) mass is 400 g/mol. The van der Waals surface area contributed by atoms with Gasteiger partial charge in [-0.3, -0.25) is 0 Å². The van der Waals surface area contributed by atoms with E-state index in [9.17, 15) is 0 Å². The molecule has 0 spiro atoms. The van der Waals surface area contributed by atoms with E-state index in [1.165, 1.54) is 5.56 Å². The molecule has 24 heavy (non-hydrogen) atoms. The van der Waals surface area contributed by atoms with E-state index in [-0.39, 0.29) is 0 Å². The zero-order chi connectivity index (χ0) is 18.4. The second-order valence-electron chi connectivity index (χ2n) is 8.60. The SMILES string of the molecule is C[SiH](O[Si](C)(C)C)O[Si](C)(CCCc1ccccc1)O[Si](C)(C)C. The Balaban J connectivity index is 2.67. The average Bonchev–Trinajstić information content (AvgIpc) is 2.34. The summed E-state index contributed by atoms with van der Waals surface area (Å²) in [5.41, 5.74) is 1.39. The van der Waals surface area contributed by atoms with Crippen LogP contribution in [0, 0.1) is 0 Å².